The zero-order valence-corrected chi connectivity index (χ0v) is 19.2. The fourth-order valence-electron chi connectivity index (χ4n) is 3.14. The molecule has 0 saturated carbocycles. The smallest absolute Gasteiger partial charge is 0.353 e. The minimum absolute atomic E-state index is 0.235. The van der Waals surface area contributed by atoms with Crippen LogP contribution in [0.2, 0.25) is 0 Å². The van der Waals surface area contributed by atoms with Crippen LogP contribution in [0.5, 0.6) is 11.5 Å². The van der Waals surface area contributed by atoms with Gasteiger partial charge in [-0.1, -0.05) is 6.07 Å². The molecule has 0 bridgehead atoms. The van der Waals surface area contributed by atoms with Crippen LogP contribution in [0.25, 0.3) is 10.1 Å². The first-order valence-electron chi connectivity index (χ1n) is 9.92. The molecule has 2 heterocycles. The summed E-state index contributed by atoms with van der Waals surface area (Å²) in [6.07, 6.45) is 3.43. The topological polar surface area (TPSA) is 80.7 Å². The Morgan fingerprint density at radius 1 is 1.09 bits per heavy atom. The average molecular weight is 468 g/mol. The van der Waals surface area contributed by atoms with Crippen LogP contribution in [-0.4, -0.2) is 29.2 Å². The monoisotopic (exact) mass is 467 g/mol. The van der Waals surface area contributed by atoms with Crippen molar-refractivity contribution in [3.05, 3.63) is 77.4 Å². The molecule has 0 N–H and O–H groups in total. The maximum Gasteiger partial charge on any atom is 0.353 e. The summed E-state index contributed by atoms with van der Waals surface area (Å²) in [5, 5.41) is 0.732. The summed E-state index contributed by atoms with van der Waals surface area (Å²) in [6.45, 7) is 2.38. The highest BCUT2D eigenvalue weighted by Gasteiger charge is 2.30. The molecule has 0 radical (unpaired) electrons. The molecule has 0 aliphatic rings. The normalized spacial score (nSPS) is 11.8. The summed E-state index contributed by atoms with van der Waals surface area (Å²) in [6, 6.07) is 16.3. The first-order valence-corrected chi connectivity index (χ1v) is 11.9. The van der Waals surface area contributed by atoms with Gasteiger partial charge < -0.3 is 18.8 Å². The van der Waals surface area contributed by atoms with E-state index in [1.165, 1.54) is 11.3 Å². The maximum atomic E-state index is 13.5. The van der Waals surface area contributed by atoms with Gasteiger partial charge >= 0.3 is 5.97 Å². The Labute approximate surface area is 193 Å². The molecule has 8 heteroatoms. The Balaban J connectivity index is 1.72. The van der Waals surface area contributed by atoms with Crippen LogP contribution >= 0.6 is 11.3 Å². The highest BCUT2D eigenvalue weighted by molar-refractivity contribution is 7.92. The molecule has 1 atom stereocenters. The summed E-state index contributed by atoms with van der Waals surface area (Å²) < 4.78 is 30.7. The van der Waals surface area contributed by atoms with E-state index in [9.17, 15) is 9.35 Å². The number of hydrogen-bond donors (Lipinski definition) is 0. The van der Waals surface area contributed by atoms with Gasteiger partial charge in [0.2, 0.25) is 0 Å². The molecule has 0 spiro atoms. The van der Waals surface area contributed by atoms with Crippen molar-refractivity contribution in [2.75, 3.05) is 13.7 Å². The van der Waals surface area contributed by atoms with Gasteiger partial charge in [0.25, 0.3) is 0 Å². The lowest BCUT2D eigenvalue weighted by atomic mass is 10.2. The number of carbonyl (C=O) groups is 1. The van der Waals surface area contributed by atoms with Crippen LogP contribution in [0.3, 0.4) is 0 Å². The number of esters is 1. The van der Waals surface area contributed by atoms with E-state index in [1.54, 1.807) is 50.7 Å². The van der Waals surface area contributed by atoms with Crippen molar-refractivity contribution in [1.82, 2.24) is 4.98 Å². The molecule has 0 aliphatic carbocycles. The van der Waals surface area contributed by atoms with E-state index in [1.807, 2.05) is 30.3 Å². The molecule has 0 amide bonds. The van der Waals surface area contributed by atoms with E-state index in [0.29, 0.717) is 32.8 Å². The highest BCUT2D eigenvalue weighted by atomic mass is 32.2. The van der Waals surface area contributed by atoms with E-state index in [2.05, 4.69) is 4.98 Å². The molecule has 32 heavy (non-hydrogen) atoms. The molecule has 4 aromatic rings. The summed E-state index contributed by atoms with van der Waals surface area (Å²) in [5.74, 6) is 0.767. The Morgan fingerprint density at radius 2 is 1.91 bits per heavy atom. The maximum absolute atomic E-state index is 13.5. The van der Waals surface area contributed by atoms with Gasteiger partial charge in [0.15, 0.2) is 14.7 Å². The van der Waals surface area contributed by atoms with E-state index in [0.717, 1.165) is 15.6 Å². The zero-order valence-electron chi connectivity index (χ0n) is 17.6. The van der Waals surface area contributed by atoms with E-state index < -0.39 is 17.1 Å². The van der Waals surface area contributed by atoms with Crippen LogP contribution in [0, 0.1) is 0 Å². The number of ether oxygens (including phenoxy) is 3. The van der Waals surface area contributed by atoms with Gasteiger partial charge in [0, 0.05) is 39.7 Å². The second-order valence-corrected chi connectivity index (χ2v) is 9.20. The molecule has 1 unspecified atom stereocenters. The van der Waals surface area contributed by atoms with Gasteiger partial charge in [-0.25, -0.2) is 4.79 Å². The molecule has 2 aromatic carbocycles. The van der Waals surface area contributed by atoms with E-state index >= 15 is 0 Å². The number of nitrogens with zero attached hydrogens (tertiary/aromatic N) is 1. The van der Waals surface area contributed by atoms with Crippen molar-refractivity contribution < 1.29 is 23.6 Å². The lowest BCUT2D eigenvalue weighted by molar-refractivity contribution is 0.0528. The quantitative estimate of drug-likeness (QED) is 0.261. The number of rotatable bonds is 8. The van der Waals surface area contributed by atoms with Gasteiger partial charge in [-0.2, -0.15) is 0 Å². The molecule has 4 rings (SSSR count). The molecular weight excluding hydrogens is 446 g/mol. The van der Waals surface area contributed by atoms with E-state index in [-0.39, 0.29) is 6.61 Å². The third kappa shape index (κ3) is 4.72. The number of hydrogen-bond acceptors (Lipinski definition) is 7. The number of pyridine rings is 1. The van der Waals surface area contributed by atoms with Crippen LogP contribution < -0.4 is 9.47 Å². The molecule has 0 aliphatic heterocycles. The van der Waals surface area contributed by atoms with Crippen molar-refractivity contribution in [3.63, 3.8) is 0 Å². The van der Waals surface area contributed by atoms with Gasteiger partial charge in [0.1, 0.15) is 18.1 Å². The molecule has 2 aromatic heterocycles. The largest absolute Gasteiger partial charge is 0.606 e. The van der Waals surface area contributed by atoms with Crippen LogP contribution in [-0.2, 0) is 22.5 Å². The van der Waals surface area contributed by atoms with Crippen molar-refractivity contribution in [1.29, 1.82) is 0 Å². The minimum atomic E-state index is -1.60. The number of aromatic nitrogens is 1. The molecule has 164 valence electrons. The SMILES string of the molecule is CCOC(=O)c1sc2cc(OCc3ccncc3)ccc2c1[S+]([O-])c1cccc(OC)c1. The fraction of sp³-hybridized carbons (Fsp3) is 0.167. The van der Waals surface area contributed by atoms with Crippen LogP contribution in [0.15, 0.2) is 76.8 Å². The van der Waals surface area contributed by atoms with E-state index in [4.69, 9.17) is 14.2 Å². The number of benzene rings is 2. The lowest BCUT2D eigenvalue weighted by Gasteiger charge is -2.12. The second-order valence-electron chi connectivity index (χ2n) is 6.73. The predicted octanol–water partition coefficient (Wildman–Crippen LogP) is 5.23. The van der Waals surface area contributed by atoms with Gasteiger partial charge in [-0.15, -0.1) is 11.3 Å². The summed E-state index contributed by atoms with van der Waals surface area (Å²) in [4.78, 5) is 18.0. The van der Waals surface area contributed by atoms with Crippen LogP contribution in [0.1, 0.15) is 22.2 Å². The molecule has 6 nitrogen and oxygen atoms in total. The number of methoxy groups -OCH3 is 1. The first-order chi connectivity index (χ1) is 15.6. The molecule has 0 saturated heterocycles. The van der Waals surface area contributed by atoms with Crippen LogP contribution in [0.4, 0.5) is 0 Å². The fourth-order valence-corrected chi connectivity index (χ4v) is 5.87. The van der Waals surface area contributed by atoms with Gasteiger partial charge in [0.05, 0.1) is 13.7 Å². The zero-order chi connectivity index (χ0) is 22.5. The lowest BCUT2D eigenvalue weighted by Crippen LogP contribution is -2.10. The predicted molar refractivity (Wildman–Crippen MR) is 124 cm³/mol. The van der Waals surface area contributed by atoms with Crippen molar-refractivity contribution in [2.45, 2.75) is 23.3 Å². The van der Waals surface area contributed by atoms with Gasteiger partial charge in [-0.05, 0) is 55.0 Å². The minimum Gasteiger partial charge on any atom is -0.606 e. The first kappa shape index (κ1) is 22.1. The van der Waals surface area contributed by atoms with Crippen molar-refractivity contribution in [2.24, 2.45) is 0 Å². The third-order valence-electron chi connectivity index (χ3n) is 4.67. The van der Waals surface area contributed by atoms with Crippen molar-refractivity contribution >= 4 is 38.6 Å². The Hall–Kier alpha value is -3.07. The summed E-state index contributed by atoms with van der Waals surface area (Å²) in [7, 11) is 1.56. The third-order valence-corrected chi connectivity index (χ3v) is 7.41. The summed E-state index contributed by atoms with van der Waals surface area (Å²) in [5.41, 5.74) is 0.998. The number of fused-ring (bicyclic) bond motifs is 1. The van der Waals surface area contributed by atoms with Gasteiger partial charge in [-0.3, -0.25) is 4.98 Å². The Morgan fingerprint density at radius 3 is 2.66 bits per heavy atom. The number of carbonyl (C=O) groups excluding carboxylic acids is 1. The standard InChI is InChI=1S/C24H21NO5S2/c1-3-29-24(26)22-23(32(27)19-6-4-5-17(13-19)28-2)20-8-7-18(14-21(20)31-22)30-15-16-9-11-25-12-10-16/h4-14H,3,15H2,1-2H3. The molecular formula is C24H21NO5S2. The second kappa shape index (κ2) is 10.0. The number of thiophene rings is 1. The molecule has 0 fully saturated rings. The Kier molecular flexibility index (Phi) is 6.94. The van der Waals surface area contributed by atoms with Crippen molar-refractivity contribution in [3.8, 4) is 11.5 Å². The Bertz CT molecular complexity index is 1230. The average Bonchev–Trinajstić information content (AvgIpc) is 3.22. The summed E-state index contributed by atoms with van der Waals surface area (Å²) >= 11 is -0.344. The highest BCUT2D eigenvalue weighted by Crippen LogP contribution is 2.40.